The number of halogens is 1. The number of H-pyrrole nitrogens is 1. The molecule has 0 spiro atoms. The molecule has 0 atom stereocenters. The van der Waals surface area contributed by atoms with Crippen molar-refractivity contribution in [3.05, 3.63) is 59.1 Å². The zero-order chi connectivity index (χ0) is 18.1. The first-order valence-electron chi connectivity index (χ1n) is 8.73. The number of nitrogens with zero attached hydrogens (tertiary/aromatic N) is 1. The molecule has 26 heavy (non-hydrogen) atoms. The van der Waals surface area contributed by atoms with Crippen molar-refractivity contribution in [1.29, 1.82) is 0 Å². The van der Waals surface area contributed by atoms with E-state index in [0.29, 0.717) is 23.8 Å². The van der Waals surface area contributed by atoms with Crippen LogP contribution < -0.4 is 9.88 Å². The standard InChI is InChI=1S/C21H19ClN2O2/c1-14(25)19-20(15-5-3-2-4-6-15)17-13-16(22)7-8-18(17)23-21(19)24-9-11-26-12-10-24/h2-8,13H,9-12H2,1H3/p+1. The van der Waals surface area contributed by atoms with Crippen LogP contribution in [0.2, 0.25) is 5.02 Å². The molecule has 0 radical (unpaired) electrons. The van der Waals surface area contributed by atoms with E-state index in [9.17, 15) is 4.79 Å². The van der Waals surface area contributed by atoms with E-state index < -0.39 is 0 Å². The second kappa shape index (κ2) is 7.06. The molecular weight excluding hydrogens is 348 g/mol. The van der Waals surface area contributed by atoms with Gasteiger partial charge in [-0.1, -0.05) is 41.9 Å². The molecule has 0 unspecified atom stereocenters. The molecule has 3 aromatic rings. The van der Waals surface area contributed by atoms with Gasteiger partial charge in [-0.2, -0.15) is 0 Å². The van der Waals surface area contributed by atoms with Gasteiger partial charge in [-0.25, -0.2) is 4.98 Å². The number of nitrogens with one attached hydrogen (secondary N) is 1. The van der Waals surface area contributed by atoms with Crippen LogP contribution in [0.1, 0.15) is 17.3 Å². The number of hydrogen-bond acceptors (Lipinski definition) is 3. The first-order chi connectivity index (χ1) is 12.6. The van der Waals surface area contributed by atoms with Gasteiger partial charge < -0.3 is 4.74 Å². The van der Waals surface area contributed by atoms with E-state index in [4.69, 9.17) is 16.3 Å². The van der Waals surface area contributed by atoms with Gasteiger partial charge >= 0.3 is 0 Å². The number of Topliss-reactive ketones (excluding diaryl/α,β-unsaturated/α-hetero) is 1. The molecule has 4 nitrogen and oxygen atoms in total. The Hall–Kier alpha value is -2.43. The van der Waals surface area contributed by atoms with Crippen LogP contribution in [0.25, 0.3) is 22.0 Å². The van der Waals surface area contributed by atoms with Crippen LogP contribution >= 0.6 is 11.6 Å². The Bertz CT molecular complexity index is 967. The van der Waals surface area contributed by atoms with Crippen LogP contribution in [-0.2, 0) is 4.74 Å². The molecular formula is C21H20ClN2O2+. The van der Waals surface area contributed by atoms with Crippen molar-refractivity contribution in [3.8, 4) is 11.1 Å². The lowest BCUT2D eigenvalue weighted by Crippen LogP contribution is -2.40. The number of pyridine rings is 1. The summed E-state index contributed by atoms with van der Waals surface area (Å²) < 4.78 is 5.48. The molecule has 1 saturated heterocycles. The lowest BCUT2D eigenvalue weighted by atomic mass is 9.93. The van der Waals surface area contributed by atoms with Crippen molar-refractivity contribution >= 4 is 34.1 Å². The Morgan fingerprint density at radius 2 is 1.85 bits per heavy atom. The van der Waals surface area contributed by atoms with E-state index in [0.717, 1.165) is 40.9 Å². The monoisotopic (exact) mass is 367 g/mol. The molecule has 5 heteroatoms. The summed E-state index contributed by atoms with van der Waals surface area (Å²) in [5.41, 5.74) is 3.59. The summed E-state index contributed by atoms with van der Waals surface area (Å²) in [7, 11) is 0. The highest BCUT2D eigenvalue weighted by molar-refractivity contribution is 6.31. The molecule has 4 rings (SSSR count). The van der Waals surface area contributed by atoms with Crippen molar-refractivity contribution in [3.63, 3.8) is 0 Å². The lowest BCUT2D eigenvalue weighted by molar-refractivity contribution is -0.331. The SMILES string of the molecule is CC(=O)c1c(N2CCOCC2)[nH+]c2ccc(Cl)cc2c1-c1ccccc1. The second-order valence-corrected chi connectivity index (χ2v) is 6.87. The number of carbonyl (C=O) groups is 1. The normalized spacial score (nSPS) is 14.6. The van der Waals surface area contributed by atoms with E-state index in [1.54, 1.807) is 6.92 Å². The fourth-order valence-electron chi connectivity index (χ4n) is 3.55. The average Bonchev–Trinajstić information content (AvgIpc) is 2.67. The highest BCUT2D eigenvalue weighted by atomic mass is 35.5. The van der Waals surface area contributed by atoms with Crippen LogP contribution in [0.15, 0.2) is 48.5 Å². The molecule has 132 valence electrons. The largest absolute Gasteiger partial charge is 0.373 e. The number of ketones is 1. The highest BCUT2D eigenvalue weighted by Gasteiger charge is 2.30. The van der Waals surface area contributed by atoms with Gasteiger partial charge in [-0.3, -0.25) is 9.69 Å². The predicted octanol–water partition coefficient (Wildman–Crippen LogP) is 4.01. The number of fused-ring (bicyclic) bond motifs is 1. The van der Waals surface area contributed by atoms with Gasteiger partial charge in [0.25, 0.3) is 5.82 Å². The maximum atomic E-state index is 12.7. The van der Waals surface area contributed by atoms with E-state index in [2.05, 4.69) is 9.88 Å². The van der Waals surface area contributed by atoms with E-state index in [1.165, 1.54) is 0 Å². The minimum absolute atomic E-state index is 0.0310. The third-order valence-corrected chi connectivity index (χ3v) is 4.97. The maximum Gasteiger partial charge on any atom is 0.286 e. The van der Waals surface area contributed by atoms with E-state index >= 15 is 0 Å². The van der Waals surface area contributed by atoms with Gasteiger partial charge in [0.05, 0.1) is 13.2 Å². The minimum Gasteiger partial charge on any atom is -0.373 e. The quantitative estimate of drug-likeness (QED) is 0.657. The molecule has 0 bridgehead atoms. The zero-order valence-corrected chi connectivity index (χ0v) is 15.3. The van der Waals surface area contributed by atoms with Crippen molar-refractivity contribution < 1.29 is 14.5 Å². The van der Waals surface area contributed by atoms with Gasteiger partial charge in [0.1, 0.15) is 24.2 Å². The number of morpholine rings is 1. The van der Waals surface area contributed by atoms with Gasteiger partial charge in [-0.15, -0.1) is 0 Å². The summed E-state index contributed by atoms with van der Waals surface area (Å²) >= 11 is 6.27. The van der Waals surface area contributed by atoms with Crippen LogP contribution in [0.5, 0.6) is 0 Å². The summed E-state index contributed by atoms with van der Waals surface area (Å²) in [4.78, 5) is 18.4. The van der Waals surface area contributed by atoms with E-state index in [-0.39, 0.29) is 5.78 Å². The second-order valence-electron chi connectivity index (χ2n) is 6.44. The number of rotatable bonds is 3. The fraction of sp³-hybridized carbons (Fsp3) is 0.238. The number of anilines is 1. The minimum atomic E-state index is 0.0310. The Morgan fingerprint density at radius 1 is 1.12 bits per heavy atom. The molecule has 1 aliphatic rings. The Kier molecular flexibility index (Phi) is 4.62. The third kappa shape index (κ3) is 3.06. The number of aromatic nitrogens is 1. The van der Waals surface area contributed by atoms with E-state index in [1.807, 2.05) is 48.5 Å². The van der Waals surface area contributed by atoms with Crippen LogP contribution in [-0.4, -0.2) is 32.1 Å². The third-order valence-electron chi connectivity index (χ3n) is 4.73. The topological polar surface area (TPSA) is 43.7 Å². The fourth-order valence-corrected chi connectivity index (χ4v) is 3.72. The van der Waals surface area contributed by atoms with Crippen molar-refractivity contribution in [2.45, 2.75) is 6.92 Å². The smallest absolute Gasteiger partial charge is 0.286 e. The number of aromatic amines is 1. The zero-order valence-electron chi connectivity index (χ0n) is 14.6. The highest BCUT2D eigenvalue weighted by Crippen LogP contribution is 2.36. The van der Waals surface area contributed by atoms with Gasteiger partial charge in [-0.05, 0) is 30.7 Å². The number of carbonyl (C=O) groups excluding carboxylic acids is 1. The summed E-state index contributed by atoms with van der Waals surface area (Å²) in [5.74, 6) is 0.887. The number of benzene rings is 2. The average molecular weight is 368 g/mol. The van der Waals surface area contributed by atoms with Gasteiger partial charge in [0.15, 0.2) is 5.78 Å². The first kappa shape index (κ1) is 17.0. The van der Waals surface area contributed by atoms with Crippen LogP contribution in [0.3, 0.4) is 0 Å². The molecule has 2 heterocycles. The van der Waals surface area contributed by atoms with Crippen molar-refractivity contribution in [2.24, 2.45) is 0 Å². The van der Waals surface area contributed by atoms with Crippen LogP contribution in [0, 0.1) is 0 Å². The molecule has 1 aliphatic heterocycles. The molecule has 0 saturated carbocycles. The molecule has 2 aromatic carbocycles. The Balaban J connectivity index is 2.07. The summed E-state index contributed by atoms with van der Waals surface area (Å²) in [6, 6.07) is 15.8. The predicted molar refractivity (Wildman–Crippen MR) is 104 cm³/mol. The number of hydrogen-bond donors (Lipinski definition) is 0. The van der Waals surface area contributed by atoms with Crippen LogP contribution in [0.4, 0.5) is 5.82 Å². The van der Waals surface area contributed by atoms with Crippen molar-refractivity contribution in [2.75, 3.05) is 31.2 Å². The Morgan fingerprint density at radius 3 is 2.54 bits per heavy atom. The summed E-state index contributed by atoms with van der Waals surface area (Å²) in [6.45, 7) is 4.44. The molecule has 0 amide bonds. The summed E-state index contributed by atoms with van der Waals surface area (Å²) in [5, 5.41) is 1.60. The first-order valence-corrected chi connectivity index (χ1v) is 9.10. The van der Waals surface area contributed by atoms with Gasteiger partial charge in [0.2, 0.25) is 0 Å². The molecule has 0 aliphatic carbocycles. The number of ether oxygens (including phenoxy) is 1. The molecule has 1 fully saturated rings. The summed E-state index contributed by atoms with van der Waals surface area (Å²) in [6.07, 6.45) is 0. The maximum absolute atomic E-state index is 12.7. The van der Waals surface area contributed by atoms with Crippen molar-refractivity contribution in [1.82, 2.24) is 0 Å². The molecule has 1 N–H and O–H groups in total. The lowest BCUT2D eigenvalue weighted by Gasteiger charge is -2.24. The Labute approximate surface area is 157 Å². The molecule has 1 aromatic heterocycles. The van der Waals surface area contributed by atoms with Gasteiger partial charge in [0, 0.05) is 16.0 Å².